The number of sulfonamides is 1. The van der Waals surface area contributed by atoms with E-state index in [9.17, 15) is 13.5 Å². The lowest BCUT2D eigenvalue weighted by molar-refractivity contribution is 0.0655. The maximum Gasteiger partial charge on any atom is 0.212 e. The normalized spacial score (nSPS) is 14.0. The number of hydrogen-bond donors (Lipinski definition) is 2. The Morgan fingerprint density at radius 3 is 2.56 bits per heavy atom. The van der Waals surface area contributed by atoms with Gasteiger partial charge in [-0.25, -0.2) is 13.1 Å². The first-order valence-corrected chi connectivity index (χ1v) is 10.9. The van der Waals surface area contributed by atoms with Crippen LogP contribution in [0.25, 0.3) is 0 Å². The van der Waals surface area contributed by atoms with Gasteiger partial charge in [0.2, 0.25) is 10.0 Å². The molecule has 0 aliphatic heterocycles. The molecule has 0 fully saturated rings. The second-order valence-corrected chi connectivity index (χ2v) is 8.93. The van der Waals surface area contributed by atoms with E-state index < -0.39 is 15.6 Å². The van der Waals surface area contributed by atoms with E-state index >= 15 is 0 Å². The molecule has 144 valence electrons. The van der Waals surface area contributed by atoms with Gasteiger partial charge in [-0.3, -0.25) is 0 Å². The molecule has 2 aromatic heterocycles. The molecule has 1 aromatic carbocycles. The van der Waals surface area contributed by atoms with Gasteiger partial charge in [0.1, 0.15) is 11.5 Å². The van der Waals surface area contributed by atoms with Crippen LogP contribution in [0, 0.1) is 0 Å². The quantitative estimate of drug-likeness (QED) is 0.569. The number of thiophene rings is 1. The second kappa shape index (κ2) is 8.26. The van der Waals surface area contributed by atoms with E-state index in [1.165, 1.54) is 17.6 Å². The maximum absolute atomic E-state index is 12.4. The highest BCUT2D eigenvalue weighted by atomic mass is 32.2. The molecule has 0 bridgehead atoms. The molecule has 8 heteroatoms. The van der Waals surface area contributed by atoms with Crippen molar-refractivity contribution in [2.75, 3.05) is 19.4 Å². The van der Waals surface area contributed by atoms with Crippen LogP contribution in [0.1, 0.15) is 16.2 Å². The van der Waals surface area contributed by atoms with Crippen LogP contribution in [0.2, 0.25) is 0 Å². The first-order valence-electron chi connectivity index (χ1n) is 8.33. The number of methoxy groups -OCH3 is 1. The average molecular weight is 408 g/mol. The van der Waals surface area contributed by atoms with Gasteiger partial charge in [-0.05, 0) is 47.7 Å². The minimum Gasteiger partial charge on any atom is -0.497 e. The fraction of sp³-hybridized carbons (Fsp3) is 0.263. The third-order valence-electron chi connectivity index (χ3n) is 4.22. The van der Waals surface area contributed by atoms with E-state index in [0.717, 1.165) is 11.3 Å². The van der Waals surface area contributed by atoms with E-state index in [1.54, 1.807) is 43.5 Å². The lowest BCUT2D eigenvalue weighted by Gasteiger charge is -2.25. The van der Waals surface area contributed by atoms with Crippen LogP contribution in [-0.4, -0.2) is 32.9 Å². The number of ether oxygens (including phenoxy) is 1. The van der Waals surface area contributed by atoms with Gasteiger partial charge < -0.3 is 14.3 Å². The lowest BCUT2D eigenvalue weighted by Crippen LogP contribution is -2.41. The molecule has 0 saturated heterocycles. The molecule has 0 unspecified atom stereocenters. The van der Waals surface area contributed by atoms with Gasteiger partial charge in [0, 0.05) is 4.88 Å². The molecular formula is C19H21NO5S2. The Bertz CT molecular complexity index is 898. The van der Waals surface area contributed by atoms with E-state index in [-0.39, 0.29) is 12.3 Å². The van der Waals surface area contributed by atoms with E-state index in [1.807, 2.05) is 17.5 Å². The van der Waals surface area contributed by atoms with Crippen molar-refractivity contribution < 1.29 is 22.7 Å². The Kier molecular flexibility index (Phi) is 6.01. The monoisotopic (exact) mass is 407 g/mol. The van der Waals surface area contributed by atoms with Crippen molar-refractivity contribution in [3.8, 4) is 5.75 Å². The Labute approximate surface area is 162 Å². The number of furan rings is 1. The first-order chi connectivity index (χ1) is 12.9. The Morgan fingerprint density at radius 1 is 1.19 bits per heavy atom. The first kappa shape index (κ1) is 19.6. The summed E-state index contributed by atoms with van der Waals surface area (Å²) in [6.45, 7) is -0.202. The molecule has 0 saturated carbocycles. The van der Waals surface area contributed by atoms with Crippen molar-refractivity contribution in [3.63, 3.8) is 0 Å². The van der Waals surface area contributed by atoms with Crippen LogP contribution in [0.3, 0.4) is 0 Å². The summed E-state index contributed by atoms with van der Waals surface area (Å²) in [5, 5.41) is 12.9. The number of nitrogens with one attached hydrogen (secondary N) is 1. The largest absolute Gasteiger partial charge is 0.497 e. The van der Waals surface area contributed by atoms with Crippen molar-refractivity contribution in [2.24, 2.45) is 0 Å². The van der Waals surface area contributed by atoms with Crippen molar-refractivity contribution >= 4 is 21.4 Å². The van der Waals surface area contributed by atoms with Gasteiger partial charge in [-0.2, -0.15) is 0 Å². The summed E-state index contributed by atoms with van der Waals surface area (Å²) in [6.07, 6.45) is 1.81. The molecule has 0 amide bonds. The topological polar surface area (TPSA) is 88.8 Å². The molecular weight excluding hydrogens is 386 g/mol. The van der Waals surface area contributed by atoms with Crippen LogP contribution >= 0.6 is 11.3 Å². The third-order valence-corrected chi connectivity index (χ3v) is 6.57. The van der Waals surface area contributed by atoms with Gasteiger partial charge in [-0.15, -0.1) is 11.3 Å². The second-order valence-electron chi connectivity index (χ2n) is 6.05. The number of aryl methyl sites for hydroxylation is 1. The molecule has 6 nitrogen and oxygen atoms in total. The molecule has 0 aliphatic rings. The molecule has 3 aromatic rings. The van der Waals surface area contributed by atoms with Crippen molar-refractivity contribution in [1.82, 2.24) is 4.72 Å². The maximum atomic E-state index is 12.4. The van der Waals surface area contributed by atoms with Gasteiger partial charge in [0.15, 0.2) is 5.60 Å². The summed E-state index contributed by atoms with van der Waals surface area (Å²) >= 11 is 1.34. The molecule has 0 aliphatic carbocycles. The number of aliphatic hydroxyl groups is 1. The van der Waals surface area contributed by atoms with E-state index in [0.29, 0.717) is 17.1 Å². The van der Waals surface area contributed by atoms with Gasteiger partial charge in [0.25, 0.3) is 0 Å². The predicted octanol–water partition coefficient (Wildman–Crippen LogP) is 2.75. The third kappa shape index (κ3) is 4.78. The minimum absolute atomic E-state index is 0.0853. The van der Waals surface area contributed by atoms with Crippen molar-refractivity contribution in [2.45, 2.75) is 12.0 Å². The van der Waals surface area contributed by atoms with Gasteiger partial charge >= 0.3 is 0 Å². The van der Waals surface area contributed by atoms with Crippen LogP contribution in [0.4, 0.5) is 0 Å². The highest BCUT2D eigenvalue weighted by molar-refractivity contribution is 7.89. The van der Waals surface area contributed by atoms with Gasteiger partial charge in [0.05, 0.1) is 25.7 Å². The standard InChI is InChI=1S/C19H21NO5S2/c1-24-16-8-6-15(7-9-16)10-13-27(22,23)20-14-19(21,17-4-2-11-25-17)18-5-3-12-26-18/h2-9,11-12,20-21H,10,13-14H2,1H3/t19-/m1/s1. The Morgan fingerprint density at radius 2 is 1.96 bits per heavy atom. The van der Waals surface area contributed by atoms with Gasteiger partial charge in [-0.1, -0.05) is 18.2 Å². The molecule has 1 atom stereocenters. The summed E-state index contributed by atoms with van der Waals surface area (Å²) in [4.78, 5) is 0.607. The highest BCUT2D eigenvalue weighted by Crippen LogP contribution is 2.32. The van der Waals surface area contributed by atoms with Crippen LogP contribution in [-0.2, 0) is 22.0 Å². The fourth-order valence-electron chi connectivity index (χ4n) is 2.65. The Balaban J connectivity index is 1.67. The summed E-state index contributed by atoms with van der Waals surface area (Å²) in [5.74, 6) is 0.930. The van der Waals surface area contributed by atoms with Crippen molar-refractivity contribution in [3.05, 3.63) is 76.4 Å². The predicted molar refractivity (Wildman–Crippen MR) is 105 cm³/mol. The molecule has 27 heavy (non-hydrogen) atoms. The lowest BCUT2D eigenvalue weighted by atomic mass is 9.99. The number of rotatable bonds is 9. The summed E-state index contributed by atoms with van der Waals surface area (Å²) < 4.78 is 37.8. The molecule has 3 rings (SSSR count). The zero-order chi connectivity index (χ0) is 19.3. The molecule has 0 radical (unpaired) electrons. The van der Waals surface area contributed by atoms with Crippen LogP contribution < -0.4 is 9.46 Å². The van der Waals surface area contributed by atoms with Crippen LogP contribution in [0.15, 0.2) is 64.6 Å². The number of hydrogen-bond acceptors (Lipinski definition) is 6. The zero-order valence-electron chi connectivity index (χ0n) is 14.8. The summed E-state index contributed by atoms with van der Waals surface area (Å²) in [7, 11) is -2.01. The fourth-order valence-corrected chi connectivity index (χ4v) is 4.56. The van der Waals surface area contributed by atoms with E-state index in [4.69, 9.17) is 9.15 Å². The number of benzene rings is 1. The SMILES string of the molecule is COc1ccc(CCS(=O)(=O)NC[C@@](O)(c2ccco2)c2cccs2)cc1. The Hall–Kier alpha value is -2.13. The van der Waals surface area contributed by atoms with Crippen molar-refractivity contribution in [1.29, 1.82) is 0 Å². The summed E-state index contributed by atoms with van der Waals surface area (Å²) in [6, 6.07) is 14.1. The van der Waals surface area contributed by atoms with E-state index in [2.05, 4.69) is 4.72 Å². The summed E-state index contributed by atoms with van der Waals surface area (Å²) in [5.41, 5.74) is -0.661. The zero-order valence-corrected chi connectivity index (χ0v) is 16.4. The van der Waals surface area contributed by atoms with Crippen LogP contribution in [0.5, 0.6) is 5.75 Å². The molecule has 2 N–H and O–H groups in total. The highest BCUT2D eigenvalue weighted by Gasteiger charge is 2.36. The molecule has 2 heterocycles. The molecule has 0 spiro atoms. The smallest absolute Gasteiger partial charge is 0.212 e. The average Bonchev–Trinajstić information content (AvgIpc) is 3.39. The minimum atomic E-state index is -3.59.